The summed E-state index contributed by atoms with van der Waals surface area (Å²) >= 11 is 4.52. The average Bonchev–Trinajstić information content (AvgIpc) is 3.24. The predicted molar refractivity (Wildman–Crippen MR) is 105 cm³/mol. The van der Waals surface area contributed by atoms with E-state index in [0.717, 1.165) is 13.1 Å². The third-order valence-electron chi connectivity index (χ3n) is 4.13. The molecule has 0 fully saturated rings. The number of rotatable bonds is 7. The Labute approximate surface area is 163 Å². The Morgan fingerprint density at radius 1 is 1.23 bits per heavy atom. The Balaban J connectivity index is 1.93. The van der Waals surface area contributed by atoms with E-state index >= 15 is 0 Å². The minimum Gasteiger partial charge on any atom is -0.444 e. The number of likely N-dealkylation sites (N-methyl/N-ethyl adjacent to an activating group) is 1. The fourth-order valence-corrected chi connectivity index (χ4v) is 3.95. The molecule has 1 amide bonds. The number of amides is 1. The van der Waals surface area contributed by atoms with E-state index in [9.17, 15) is 9.18 Å². The van der Waals surface area contributed by atoms with Crippen LogP contribution >= 0.6 is 27.3 Å². The van der Waals surface area contributed by atoms with Gasteiger partial charge in [0.2, 0.25) is 0 Å². The second kappa shape index (κ2) is 8.28. The van der Waals surface area contributed by atoms with Gasteiger partial charge in [-0.25, -0.2) is 9.37 Å². The molecule has 0 aliphatic heterocycles. The number of anilines is 1. The van der Waals surface area contributed by atoms with Crippen LogP contribution in [0.1, 0.15) is 24.4 Å². The molecule has 0 atom stereocenters. The summed E-state index contributed by atoms with van der Waals surface area (Å²) in [6.07, 6.45) is 0. The molecule has 0 N–H and O–H groups in total. The van der Waals surface area contributed by atoms with Crippen LogP contribution in [0.5, 0.6) is 0 Å². The molecule has 0 aliphatic carbocycles. The highest BCUT2D eigenvalue weighted by Crippen LogP contribution is 2.30. The first kappa shape index (κ1) is 19.0. The van der Waals surface area contributed by atoms with Gasteiger partial charge in [0.05, 0.1) is 10.2 Å². The molecule has 3 rings (SSSR count). The number of nitrogens with zero attached hydrogens (tertiary/aromatic N) is 3. The van der Waals surface area contributed by atoms with Gasteiger partial charge in [-0.15, -0.1) is 0 Å². The topological polar surface area (TPSA) is 49.6 Å². The number of hydrogen-bond acceptors (Lipinski definition) is 5. The number of aromatic nitrogens is 1. The van der Waals surface area contributed by atoms with Crippen molar-refractivity contribution in [3.8, 4) is 0 Å². The normalized spacial score (nSPS) is 11.4. The van der Waals surface area contributed by atoms with E-state index < -0.39 is 0 Å². The third-order valence-corrected chi connectivity index (χ3v) is 5.60. The van der Waals surface area contributed by atoms with Crippen molar-refractivity contribution in [1.82, 2.24) is 9.88 Å². The lowest BCUT2D eigenvalue weighted by molar-refractivity contribution is 0.0956. The smallest absolute Gasteiger partial charge is 0.295 e. The molecule has 0 saturated carbocycles. The predicted octanol–water partition coefficient (Wildman–Crippen LogP) is 4.78. The first-order valence-corrected chi connectivity index (χ1v) is 9.98. The van der Waals surface area contributed by atoms with Gasteiger partial charge in [0.25, 0.3) is 5.91 Å². The highest BCUT2D eigenvalue weighted by molar-refractivity contribution is 9.10. The maximum absolute atomic E-state index is 13.5. The van der Waals surface area contributed by atoms with Crippen molar-refractivity contribution in [2.45, 2.75) is 13.8 Å². The van der Waals surface area contributed by atoms with E-state index in [1.165, 1.54) is 23.5 Å². The molecular weight excluding hydrogens is 421 g/mol. The van der Waals surface area contributed by atoms with Crippen molar-refractivity contribution in [3.05, 3.63) is 46.6 Å². The second-order valence-corrected chi connectivity index (χ2v) is 7.49. The van der Waals surface area contributed by atoms with Crippen LogP contribution in [0, 0.1) is 5.82 Å². The highest BCUT2D eigenvalue weighted by atomic mass is 79.9. The van der Waals surface area contributed by atoms with Crippen molar-refractivity contribution in [2.75, 3.05) is 31.1 Å². The first-order chi connectivity index (χ1) is 12.5. The zero-order valence-corrected chi connectivity index (χ0v) is 16.9. The summed E-state index contributed by atoms with van der Waals surface area (Å²) in [5.74, 6) is -0.340. The summed E-state index contributed by atoms with van der Waals surface area (Å²) < 4.78 is 20.1. The molecule has 0 radical (unpaired) electrons. The van der Waals surface area contributed by atoms with Crippen LogP contribution in [0.15, 0.2) is 39.4 Å². The number of thiazole rings is 1. The van der Waals surface area contributed by atoms with Crippen molar-refractivity contribution in [2.24, 2.45) is 0 Å². The zero-order chi connectivity index (χ0) is 18.7. The molecule has 8 heteroatoms. The van der Waals surface area contributed by atoms with E-state index in [1.54, 1.807) is 23.1 Å². The lowest BCUT2D eigenvalue weighted by Crippen LogP contribution is -2.38. The minimum absolute atomic E-state index is 0.238. The van der Waals surface area contributed by atoms with Crippen LogP contribution < -0.4 is 4.90 Å². The van der Waals surface area contributed by atoms with Crippen molar-refractivity contribution >= 4 is 48.5 Å². The van der Waals surface area contributed by atoms with Crippen LogP contribution in [-0.2, 0) is 0 Å². The van der Waals surface area contributed by atoms with Gasteiger partial charge in [0.15, 0.2) is 15.6 Å². The van der Waals surface area contributed by atoms with Gasteiger partial charge in [0, 0.05) is 13.1 Å². The van der Waals surface area contributed by atoms with Gasteiger partial charge in [-0.3, -0.25) is 9.69 Å². The first-order valence-electron chi connectivity index (χ1n) is 8.37. The Hall–Kier alpha value is -1.77. The molecule has 138 valence electrons. The highest BCUT2D eigenvalue weighted by Gasteiger charge is 2.24. The van der Waals surface area contributed by atoms with Crippen molar-refractivity contribution in [1.29, 1.82) is 0 Å². The number of carbonyl (C=O) groups is 1. The van der Waals surface area contributed by atoms with Gasteiger partial charge in [-0.1, -0.05) is 25.2 Å². The number of benzene rings is 1. The Morgan fingerprint density at radius 3 is 2.65 bits per heavy atom. The molecule has 0 saturated heterocycles. The Bertz CT molecular complexity index is 907. The number of hydrogen-bond donors (Lipinski definition) is 0. The largest absolute Gasteiger partial charge is 0.444 e. The zero-order valence-electron chi connectivity index (χ0n) is 14.5. The van der Waals surface area contributed by atoms with Gasteiger partial charge in [-0.05, 0) is 59.4 Å². The van der Waals surface area contributed by atoms with E-state index in [-0.39, 0.29) is 17.5 Å². The number of fused-ring (bicyclic) bond motifs is 1. The average molecular weight is 440 g/mol. The fourth-order valence-electron chi connectivity index (χ4n) is 2.63. The van der Waals surface area contributed by atoms with E-state index in [2.05, 4.69) is 39.7 Å². The summed E-state index contributed by atoms with van der Waals surface area (Å²) in [6, 6.07) is 7.75. The molecule has 5 nitrogen and oxygen atoms in total. The monoisotopic (exact) mass is 439 g/mol. The summed E-state index contributed by atoms with van der Waals surface area (Å²) in [5.41, 5.74) is 0.674. The van der Waals surface area contributed by atoms with Crippen LogP contribution in [-0.4, -0.2) is 42.0 Å². The molecule has 2 aromatic heterocycles. The maximum Gasteiger partial charge on any atom is 0.295 e. The summed E-state index contributed by atoms with van der Waals surface area (Å²) in [5, 5.41) is 0.537. The molecule has 0 bridgehead atoms. The van der Waals surface area contributed by atoms with Crippen LogP contribution in [0.25, 0.3) is 10.2 Å². The number of halogens is 2. The van der Waals surface area contributed by atoms with Crippen LogP contribution in [0.3, 0.4) is 0 Å². The lowest BCUT2D eigenvalue weighted by Gasteiger charge is -2.24. The van der Waals surface area contributed by atoms with E-state index in [4.69, 9.17) is 4.42 Å². The van der Waals surface area contributed by atoms with Crippen molar-refractivity contribution in [3.63, 3.8) is 0 Å². The van der Waals surface area contributed by atoms with Gasteiger partial charge < -0.3 is 9.32 Å². The second-order valence-electron chi connectivity index (χ2n) is 5.70. The quantitative estimate of drug-likeness (QED) is 0.531. The lowest BCUT2D eigenvalue weighted by atomic mass is 10.3. The molecule has 2 heterocycles. The summed E-state index contributed by atoms with van der Waals surface area (Å²) in [6.45, 7) is 7.15. The van der Waals surface area contributed by atoms with Gasteiger partial charge in [-0.2, -0.15) is 0 Å². The number of furan rings is 1. The molecular formula is C18H19BrFN3O2S. The molecule has 0 spiro atoms. The van der Waals surface area contributed by atoms with Gasteiger partial charge >= 0.3 is 0 Å². The fraction of sp³-hybridized carbons (Fsp3) is 0.333. The van der Waals surface area contributed by atoms with Crippen molar-refractivity contribution < 1.29 is 13.6 Å². The Morgan fingerprint density at radius 2 is 2.00 bits per heavy atom. The maximum atomic E-state index is 13.5. The summed E-state index contributed by atoms with van der Waals surface area (Å²) in [4.78, 5) is 21.3. The molecule has 0 aliphatic rings. The summed E-state index contributed by atoms with van der Waals surface area (Å²) in [7, 11) is 0. The number of carbonyl (C=O) groups excluding carboxylic acids is 1. The van der Waals surface area contributed by atoms with Crippen LogP contribution in [0.2, 0.25) is 0 Å². The SMILES string of the molecule is CCN(CC)CCN(C(=O)c1ccc(Br)o1)c1nc2ccc(F)cc2s1. The molecule has 0 unspecified atom stereocenters. The van der Waals surface area contributed by atoms with E-state index in [1.807, 2.05) is 0 Å². The molecule has 1 aromatic carbocycles. The van der Waals surface area contributed by atoms with Gasteiger partial charge in [0.1, 0.15) is 5.82 Å². The molecule has 3 aromatic rings. The third kappa shape index (κ3) is 4.13. The molecule has 26 heavy (non-hydrogen) atoms. The van der Waals surface area contributed by atoms with Crippen LogP contribution in [0.4, 0.5) is 9.52 Å². The van der Waals surface area contributed by atoms with E-state index in [0.29, 0.717) is 33.1 Å². The standard InChI is InChI=1S/C18H19BrFN3O2S/c1-3-22(4-2)9-10-23(17(24)14-7-8-16(19)25-14)18-21-13-6-5-12(20)11-15(13)26-18/h5-8,11H,3-4,9-10H2,1-2H3. The minimum atomic E-state index is -0.316. The Kier molecular flexibility index (Phi) is 6.05.